The molecule has 2 aliphatic rings. The summed E-state index contributed by atoms with van der Waals surface area (Å²) in [5, 5.41) is 3.11. The zero-order valence-corrected chi connectivity index (χ0v) is 19.2. The lowest BCUT2D eigenvalue weighted by atomic mass is 10.0. The molecule has 32 heavy (non-hydrogen) atoms. The molecule has 1 N–H and O–H groups in total. The van der Waals surface area contributed by atoms with Gasteiger partial charge in [0.25, 0.3) is 0 Å². The van der Waals surface area contributed by atoms with Crippen molar-refractivity contribution in [3.63, 3.8) is 0 Å². The normalized spacial score (nSPS) is 23.0. The standard InChI is InChI=1S/C24H32FN5O2/c1-15-12-21(15)27-23(31)16(2)11-17-5-7-18(8-6-17)32-19-9-10-30(14-19)22-20(25)13-26-24(28-22)29(3)4/h5-8,13,15-16,19,21H,9-12,14H2,1-4H3,(H,27,31)/t15?,16?,19-,21?/m1/s1. The molecule has 0 radical (unpaired) electrons. The molecule has 2 fully saturated rings. The molecule has 172 valence electrons. The van der Waals surface area contributed by atoms with Crippen LogP contribution in [0.2, 0.25) is 0 Å². The van der Waals surface area contributed by atoms with Gasteiger partial charge in [0.1, 0.15) is 11.9 Å². The van der Waals surface area contributed by atoms with Gasteiger partial charge in [-0.2, -0.15) is 4.98 Å². The summed E-state index contributed by atoms with van der Waals surface area (Å²) in [4.78, 5) is 24.3. The van der Waals surface area contributed by atoms with Gasteiger partial charge in [0.05, 0.1) is 12.7 Å². The summed E-state index contributed by atoms with van der Waals surface area (Å²) in [5.41, 5.74) is 1.11. The first-order valence-electron chi connectivity index (χ1n) is 11.3. The quantitative estimate of drug-likeness (QED) is 0.679. The highest BCUT2D eigenvalue weighted by molar-refractivity contribution is 5.79. The fourth-order valence-corrected chi connectivity index (χ4v) is 3.99. The minimum atomic E-state index is -0.421. The third-order valence-electron chi connectivity index (χ3n) is 6.21. The van der Waals surface area contributed by atoms with E-state index in [0.29, 0.717) is 43.2 Å². The van der Waals surface area contributed by atoms with Crippen molar-refractivity contribution in [1.29, 1.82) is 0 Å². The third kappa shape index (κ3) is 5.29. The lowest BCUT2D eigenvalue weighted by Crippen LogP contribution is -2.32. The maximum atomic E-state index is 14.3. The zero-order chi connectivity index (χ0) is 22.8. The lowest BCUT2D eigenvalue weighted by Gasteiger charge is -2.20. The van der Waals surface area contributed by atoms with Gasteiger partial charge in [0.2, 0.25) is 11.9 Å². The second kappa shape index (κ2) is 9.30. The van der Waals surface area contributed by atoms with E-state index < -0.39 is 5.82 Å². The number of amides is 1. The van der Waals surface area contributed by atoms with Crippen LogP contribution in [0.3, 0.4) is 0 Å². The number of anilines is 2. The van der Waals surface area contributed by atoms with Crippen LogP contribution in [0.4, 0.5) is 16.2 Å². The summed E-state index contributed by atoms with van der Waals surface area (Å²) in [5.74, 6) is 1.83. The van der Waals surface area contributed by atoms with Crippen LogP contribution in [-0.2, 0) is 11.2 Å². The van der Waals surface area contributed by atoms with Crippen LogP contribution in [0.25, 0.3) is 0 Å². The smallest absolute Gasteiger partial charge is 0.226 e. The van der Waals surface area contributed by atoms with Crippen LogP contribution < -0.4 is 19.9 Å². The van der Waals surface area contributed by atoms with Gasteiger partial charge in [0, 0.05) is 39.0 Å². The highest BCUT2D eigenvalue weighted by Gasteiger charge is 2.34. The molecule has 4 rings (SSSR count). The van der Waals surface area contributed by atoms with E-state index in [4.69, 9.17) is 4.74 Å². The Hall–Kier alpha value is -2.90. The molecule has 0 bridgehead atoms. The molecule has 1 saturated carbocycles. The van der Waals surface area contributed by atoms with E-state index >= 15 is 0 Å². The number of benzene rings is 1. The van der Waals surface area contributed by atoms with Gasteiger partial charge in [-0.3, -0.25) is 4.79 Å². The Morgan fingerprint density at radius 1 is 1.34 bits per heavy atom. The molecule has 1 aromatic carbocycles. The Morgan fingerprint density at radius 3 is 2.72 bits per heavy atom. The molecule has 4 atom stereocenters. The second-order valence-electron chi connectivity index (χ2n) is 9.29. The van der Waals surface area contributed by atoms with Gasteiger partial charge in [-0.1, -0.05) is 26.0 Å². The zero-order valence-electron chi connectivity index (χ0n) is 19.2. The molecule has 1 aromatic heterocycles. The number of carbonyl (C=O) groups excluding carboxylic acids is 1. The summed E-state index contributed by atoms with van der Waals surface area (Å²) in [6, 6.07) is 8.28. The number of aromatic nitrogens is 2. The van der Waals surface area contributed by atoms with E-state index in [1.165, 1.54) is 6.20 Å². The maximum Gasteiger partial charge on any atom is 0.226 e. The summed E-state index contributed by atoms with van der Waals surface area (Å²) in [7, 11) is 3.66. The van der Waals surface area contributed by atoms with Crippen molar-refractivity contribution in [3.8, 4) is 5.75 Å². The minimum Gasteiger partial charge on any atom is -0.489 e. The van der Waals surface area contributed by atoms with Crippen molar-refractivity contribution in [2.24, 2.45) is 11.8 Å². The van der Waals surface area contributed by atoms with E-state index in [0.717, 1.165) is 24.2 Å². The number of nitrogens with one attached hydrogen (secondary N) is 1. The lowest BCUT2D eigenvalue weighted by molar-refractivity contribution is -0.124. The monoisotopic (exact) mass is 441 g/mol. The Bertz CT molecular complexity index is 952. The first kappa shape index (κ1) is 22.3. The topological polar surface area (TPSA) is 70.6 Å². The second-order valence-corrected chi connectivity index (χ2v) is 9.29. The fraction of sp³-hybridized carbons (Fsp3) is 0.542. The van der Waals surface area contributed by atoms with Gasteiger partial charge in [-0.25, -0.2) is 9.37 Å². The number of carbonyl (C=O) groups is 1. The van der Waals surface area contributed by atoms with Gasteiger partial charge in [-0.05, 0) is 36.5 Å². The Balaban J connectivity index is 1.30. The van der Waals surface area contributed by atoms with Gasteiger partial charge >= 0.3 is 0 Å². The average molecular weight is 442 g/mol. The van der Waals surface area contributed by atoms with Gasteiger partial charge in [0.15, 0.2) is 11.6 Å². The molecule has 1 aliphatic carbocycles. The summed E-state index contributed by atoms with van der Waals surface area (Å²) < 4.78 is 20.4. The summed E-state index contributed by atoms with van der Waals surface area (Å²) in [6.07, 6.45) is 3.76. The molecule has 8 heteroatoms. The minimum absolute atomic E-state index is 0.0387. The van der Waals surface area contributed by atoms with E-state index in [1.807, 2.05) is 50.2 Å². The van der Waals surface area contributed by atoms with Crippen molar-refractivity contribution < 1.29 is 13.9 Å². The molecule has 7 nitrogen and oxygen atoms in total. The number of hydrogen-bond donors (Lipinski definition) is 1. The van der Waals surface area contributed by atoms with Crippen LogP contribution in [0.15, 0.2) is 30.5 Å². The molecule has 0 spiro atoms. The maximum absolute atomic E-state index is 14.3. The summed E-state index contributed by atoms with van der Waals surface area (Å²) in [6.45, 7) is 5.37. The van der Waals surface area contributed by atoms with Crippen LogP contribution >= 0.6 is 0 Å². The molecule has 2 aromatic rings. The molecule has 1 saturated heterocycles. The number of nitrogens with zero attached hydrogens (tertiary/aromatic N) is 4. The Kier molecular flexibility index (Phi) is 6.48. The highest BCUT2D eigenvalue weighted by atomic mass is 19.1. The SMILES string of the molecule is CC(Cc1ccc(O[C@@H]2CCN(c3nc(N(C)C)ncc3F)C2)cc1)C(=O)NC1CC1C. The Morgan fingerprint density at radius 2 is 2.06 bits per heavy atom. The van der Waals surface area contributed by atoms with E-state index in [9.17, 15) is 9.18 Å². The number of hydrogen-bond acceptors (Lipinski definition) is 6. The van der Waals surface area contributed by atoms with Gasteiger partial charge < -0.3 is 19.9 Å². The van der Waals surface area contributed by atoms with Crippen molar-refractivity contribution in [2.75, 3.05) is 37.0 Å². The van der Waals surface area contributed by atoms with Crippen molar-refractivity contribution >= 4 is 17.7 Å². The van der Waals surface area contributed by atoms with Crippen LogP contribution in [-0.4, -0.2) is 55.2 Å². The number of ether oxygens (including phenoxy) is 1. The van der Waals surface area contributed by atoms with Crippen LogP contribution in [0, 0.1) is 17.7 Å². The largest absolute Gasteiger partial charge is 0.489 e. The third-order valence-corrected chi connectivity index (χ3v) is 6.21. The fourth-order valence-electron chi connectivity index (χ4n) is 3.99. The van der Waals surface area contributed by atoms with Crippen molar-refractivity contribution in [1.82, 2.24) is 15.3 Å². The molecule has 2 heterocycles. The van der Waals surface area contributed by atoms with E-state index in [1.54, 1.807) is 4.90 Å². The van der Waals surface area contributed by atoms with E-state index in [2.05, 4.69) is 22.2 Å². The number of halogens is 1. The first-order valence-corrected chi connectivity index (χ1v) is 11.3. The predicted molar refractivity (Wildman–Crippen MR) is 123 cm³/mol. The molecular weight excluding hydrogens is 409 g/mol. The van der Waals surface area contributed by atoms with Crippen molar-refractivity contribution in [3.05, 3.63) is 41.8 Å². The van der Waals surface area contributed by atoms with E-state index in [-0.39, 0.29) is 17.9 Å². The first-order chi connectivity index (χ1) is 15.3. The average Bonchev–Trinajstić information content (AvgIpc) is 3.26. The summed E-state index contributed by atoms with van der Waals surface area (Å²) >= 11 is 0. The van der Waals surface area contributed by atoms with Gasteiger partial charge in [-0.15, -0.1) is 0 Å². The van der Waals surface area contributed by atoms with Crippen LogP contribution in [0.5, 0.6) is 5.75 Å². The van der Waals surface area contributed by atoms with Crippen LogP contribution in [0.1, 0.15) is 32.3 Å². The predicted octanol–water partition coefficient (Wildman–Crippen LogP) is 3.04. The molecular formula is C24H32FN5O2. The van der Waals surface area contributed by atoms with Crippen molar-refractivity contribution in [2.45, 2.75) is 45.3 Å². The Labute approximate surface area is 189 Å². The number of rotatable bonds is 8. The molecule has 3 unspecified atom stereocenters. The highest BCUT2D eigenvalue weighted by Crippen LogP contribution is 2.29. The molecule has 1 aliphatic heterocycles. The molecule has 1 amide bonds.